The summed E-state index contributed by atoms with van der Waals surface area (Å²) in [6.45, 7) is 3.89. The van der Waals surface area contributed by atoms with Gasteiger partial charge in [0.25, 0.3) is 5.91 Å². The van der Waals surface area contributed by atoms with Gasteiger partial charge in [-0.25, -0.2) is 0 Å². The second kappa shape index (κ2) is 5.37. The molecule has 3 rings (SSSR count). The van der Waals surface area contributed by atoms with Crippen molar-refractivity contribution in [2.75, 3.05) is 5.32 Å². The minimum absolute atomic E-state index is 0.0961. The predicted molar refractivity (Wildman–Crippen MR) is 85.6 cm³/mol. The van der Waals surface area contributed by atoms with E-state index in [1.165, 1.54) is 0 Å². The van der Waals surface area contributed by atoms with Gasteiger partial charge < -0.3 is 5.32 Å². The molecule has 3 heteroatoms. The summed E-state index contributed by atoms with van der Waals surface area (Å²) in [6.07, 6.45) is 0. The van der Waals surface area contributed by atoms with Gasteiger partial charge in [0.1, 0.15) is 0 Å². The molecule has 0 aliphatic heterocycles. The van der Waals surface area contributed by atoms with Crippen LogP contribution in [0.1, 0.15) is 21.6 Å². The fourth-order valence-electron chi connectivity index (χ4n) is 2.38. The van der Waals surface area contributed by atoms with Gasteiger partial charge in [0, 0.05) is 16.6 Å². The highest BCUT2D eigenvalue weighted by Crippen LogP contribution is 2.23. The van der Waals surface area contributed by atoms with Crippen molar-refractivity contribution in [3.8, 4) is 0 Å². The van der Waals surface area contributed by atoms with Crippen LogP contribution in [0.4, 0.5) is 5.69 Å². The number of amides is 1. The third-order valence-corrected chi connectivity index (χ3v) is 3.51. The predicted octanol–water partition coefficient (Wildman–Crippen LogP) is 4.10. The molecule has 0 unspecified atom stereocenters. The Kier molecular flexibility index (Phi) is 3.40. The average Bonchev–Trinajstić information content (AvgIpc) is 2.47. The van der Waals surface area contributed by atoms with Crippen LogP contribution in [0.15, 0.2) is 54.6 Å². The number of aromatic nitrogens is 1. The Morgan fingerprint density at radius 2 is 1.76 bits per heavy atom. The van der Waals surface area contributed by atoms with Gasteiger partial charge in [-0.05, 0) is 49.7 Å². The SMILES string of the molecule is Cc1ccc2c(NC(=O)c3ccccc3C)cccc2n1. The van der Waals surface area contributed by atoms with Crippen molar-refractivity contribution >= 4 is 22.5 Å². The molecule has 1 amide bonds. The largest absolute Gasteiger partial charge is 0.321 e. The Balaban J connectivity index is 1.99. The number of aryl methyl sites for hydroxylation is 2. The molecule has 21 heavy (non-hydrogen) atoms. The number of carbonyl (C=O) groups excluding carboxylic acids is 1. The van der Waals surface area contributed by atoms with Gasteiger partial charge in [-0.2, -0.15) is 0 Å². The molecular formula is C18H16N2O. The molecule has 3 nitrogen and oxygen atoms in total. The summed E-state index contributed by atoms with van der Waals surface area (Å²) in [5, 5.41) is 3.93. The van der Waals surface area contributed by atoms with E-state index in [0.29, 0.717) is 5.56 Å². The van der Waals surface area contributed by atoms with E-state index in [4.69, 9.17) is 0 Å². The van der Waals surface area contributed by atoms with E-state index in [9.17, 15) is 4.79 Å². The summed E-state index contributed by atoms with van der Waals surface area (Å²) >= 11 is 0. The summed E-state index contributed by atoms with van der Waals surface area (Å²) in [5.41, 5.74) is 4.29. The van der Waals surface area contributed by atoms with Crippen LogP contribution in [0.3, 0.4) is 0 Å². The Morgan fingerprint density at radius 1 is 0.952 bits per heavy atom. The van der Waals surface area contributed by atoms with Crippen LogP contribution >= 0.6 is 0 Å². The van der Waals surface area contributed by atoms with Crippen molar-refractivity contribution in [3.63, 3.8) is 0 Å². The number of benzene rings is 2. The maximum absolute atomic E-state index is 12.4. The van der Waals surface area contributed by atoms with Crippen molar-refractivity contribution in [3.05, 3.63) is 71.4 Å². The molecule has 0 atom stereocenters. The fourth-order valence-corrected chi connectivity index (χ4v) is 2.38. The Hall–Kier alpha value is -2.68. The maximum Gasteiger partial charge on any atom is 0.255 e. The molecule has 1 heterocycles. The monoisotopic (exact) mass is 276 g/mol. The lowest BCUT2D eigenvalue weighted by atomic mass is 10.1. The first-order chi connectivity index (χ1) is 10.1. The van der Waals surface area contributed by atoms with Gasteiger partial charge in [0.2, 0.25) is 0 Å². The fraction of sp³-hybridized carbons (Fsp3) is 0.111. The molecule has 0 saturated carbocycles. The van der Waals surface area contributed by atoms with Crippen molar-refractivity contribution in [2.24, 2.45) is 0 Å². The zero-order chi connectivity index (χ0) is 14.8. The van der Waals surface area contributed by atoms with Crippen molar-refractivity contribution < 1.29 is 4.79 Å². The Labute approximate surface area is 123 Å². The zero-order valence-electron chi connectivity index (χ0n) is 12.1. The quantitative estimate of drug-likeness (QED) is 0.765. The molecule has 104 valence electrons. The Morgan fingerprint density at radius 3 is 2.57 bits per heavy atom. The molecule has 0 aliphatic rings. The average molecular weight is 276 g/mol. The van der Waals surface area contributed by atoms with Crippen LogP contribution in [0.2, 0.25) is 0 Å². The van der Waals surface area contributed by atoms with E-state index >= 15 is 0 Å². The van der Waals surface area contributed by atoms with Crippen molar-refractivity contribution in [1.29, 1.82) is 0 Å². The minimum atomic E-state index is -0.0961. The smallest absolute Gasteiger partial charge is 0.255 e. The van der Waals surface area contributed by atoms with Crippen LogP contribution < -0.4 is 5.32 Å². The van der Waals surface area contributed by atoms with Crippen LogP contribution in [-0.2, 0) is 0 Å². The lowest BCUT2D eigenvalue weighted by Gasteiger charge is -2.10. The number of anilines is 1. The first-order valence-corrected chi connectivity index (χ1v) is 6.88. The second-order valence-electron chi connectivity index (χ2n) is 5.09. The maximum atomic E-state index is 12.4. The van der Waals surface area contributed by atoms with E-state index in [1.807, 2.05) is 68.4 Å². The van der Waals surface area contributed by atoms with Crippen LogP contribution in [0, 0.1) is 13.8 Å². The molecule has 0 saturated heterocycles. The highest BCUT2D eigenvalue weighted by molar-refractivity contribution is 6.09. The molecule has 0 bridgehead atoms. The second-order valence-corrected chi connectivity index (χ2v) is 5.09. The molecular weight excluding hydrogens is 260 g/mol. The number of nitrogens with zero attached hydrogens (tertiary/aromatic N) is 1. The highest BCUT2D eigenvalue weighted by atomic mass is 16.1. The zero-order valence-corrected chi connectivity index (χ0v) is 12.1. The molecule has 1 aromatic heterocycles. The summed E-state index contributed by atoms with van der Waals surface area (Å²) in [7, 11) is 0. The summed E-state index contributed by atoms with van der Waals surface area (Å²) < 4.78 is 0. The van der Waals surface area contributed by atoms with E-state index < -0.39 is 0 Å². The van der Waals surface area contributed by atoms with E-state index in [2.05, 4.69) is 10.3 Å². The van der Waals surface area contributed by atoms with Crippen LogP contribution in [0.25, 0.3) is 10.9 Å². The first kappa shape index (κ1) is 13.3. The molecule has 2 aromatic carbocycles. The molecule has 3 aromatic rings. The van der Waals surface area contributed by atoms with Crippen LogP contribution in [-0.4, -0.2) is 10.9 Å². The number of pyridine rings is 1. The highest BCUT2D eigenvalue weighted by Gasteiger charge is 2.10. The number of hydrogen-bond donors (Lipinski definition) is 1. The lowest BCUT2D eigenvalue weighted by molar-refractivity contribution is 0.102. The molecule has 0 fully saturated rings. The van der Waals surface area contributed by atoms with Gasteiger partial charge >= 0.3 is 0 Å². The normalized spacial score (nSPS) is 10.6. The molecule has 0 aliphatic carbocycles. The lowest BCUT2D eigenvalue weighted by Crippen LogP contribution is -2.13. The molecule has 0 spiro atoms. The summed E-state index contributed by atoms with van der Waals surface area (Å²) in [6, 6.07) is 17.3. The van der Waals surface area contributed by atoms with Gasteiger partial charge in [0.15, 0.2) is 0 Å². The van der Waals surface area contributed by atoms with Gasteiger partial charge in [-0.3, -0.25) is 9.78 Å². The Bertz CT molecular complexity index is 824. The summed E-state index contributed by atoms with van der Waals surface area (Å²) in [5.74, 6) is -0.0961. The van der Waals surface area contributed by atoms with Gasteiger partial charge in [-0.15, -0.1) is 0 Å². The first-order valence-electron chi connectivity index (χ1n) is 6.88. The number of fused-ring (bicyclic) bond motifs is 1. The van der Waals surface area contributed by atoms with Crippen molar-refractivity contribution in [1.82, 2.24) is 4.98 Å². The topological polar surface area (TPSA) is 42.0 Å². The van der Waals surface area contributed by atoms with E-state index in [0.717, 1.165) is 27.8 Å². The number of nitrogens with one attached hydrogen (secondary N) is 1. The third-order valence-electron chi connectivity index (χ3n) is 3.51. The van der Waals surface area contributed by atoms with Crippen molar-refractivity contribution in [2.45, 2.75) is 13.8 Å². The van der Waals surface area contributed by atoms with Gasteiger partial charge in [0.05, 0.1) is 11.2 Å². The van der Waals surface area contributed by atoms with E-state index in [-0.39, 0.29) is 5.91 Å². The van der Waals surface area contributed by atoms with Gasteiger partial charge in [-0.1, -0.05) is 24.3 Å². The van der Waals surface area contributed by atoms with Crippen LogP contribution in [0.5, 0.6) is 0 Å². The minimum Gasteiger partial charge on any atom is -0.321 e. The van der Waals surface area contributed by atoms with E-state index in [1.54, 1.807) is 0 Å². The number of hydrogen-bond acceptors (Lipinski definition) is 2. The third kappa shape index (κ3) is 2.63. The number of carbonyl (C=O) groups is 1. The summed E-state index contributed by atoms with van der Waals surface area (Å²) in [4.78, 5) is 16.9. The molecule has 1 N–H and O–H groups in total. The standard InChI is InChI=1S/C18H16N2O/c1-12-6-3-4-7-14(12)18(21)20-17-9-5-8-16-15(17)11-10-13(2)19-16/h3-11H,1-2H3,(H,20,21). The number of rotatable bonds is 2. The molecule has 0 radical (unpaired) electrons.